The normalized spacial score (nSPS) is 23.3. The molecular weight excluding hydrogens is 166 g/mol. The molecule has 0 aromatic heterocycles. The van der Waals surface area contributed by atoms with Crippen molar-refractivity contribution in [1.29, 1.82) is 0 Å². The van der Waals surface area contributed by atoms with Gasteiger partial charge in [0.05, 0.1) is 12.7 Å². The predicted molar refractivity (Wildman–Crippen MR) is 52.5 cm³/mol. The van der Waals surface area contributed by atoms with Gasteiger partial charge in [0, 0.05) is 12.6 Å². The van der Waals surface area contributed by atoms with Crippen LogP contribution in [0.5, 0.6) is 0 Å². The Kier molecular flexibility index (Phi) is 4.70. The van der Waals surface area contributed by atoms with E-state index >= 15 is 0 Å². The Balaban J connectivity index is 2.12. The van der Waals surface area contributed by atoms with Crippen LogP contribution in [0.4, 0.5) is 0 Å². The van der Waals surface area contributed by atoms with Gasteiger partial charge in [-0.25, -0.2) is 0 Å². The van der Waals surface area contributed by atoms with Gasteiger partial charge in [0.2, 0.25) is 0 Å². The molecule has 78 valence electrons. The summed E-state index contributed by atoms with van der Waals surface area (Å²) in [6.45, 7) is 2.53. The Morgan fingerprint density at radius 3 is 2.54 bits per heavy atom. The second kappa shape index (κ2) is 5.58. The van der Waals surface area contributed by atoms with E-state index in [2.05, 4.69) is 12.2 Å². The van der Waals surface area contributed by atoms with Crippen molar-refractivity contribution in [1.82, 2.24) is 5.32 Å². The average Bonchev–Trinajstić information content (AvgIpc) is 2.66. The first kappa shape index (κ1) is 11.0. The van der Waals surface area contributed by atoms with E-state index in [0.717, 1.165) is 5.92 Å². The van der Waals surface area contributed by atoms with Gasteiger partial charge in [0.25, 0.3) is 0 Å². The van der Waals surface area contributed by atoms with E-state index in [9.17, 15) is 0 Å². The van der Waals surface area contributed by atoms with E-state index in [4.69, 9.17) is 10.2 Å². The summed E-state index contributed by atoms with van der Waals surface area (Å²) in [5.74, 6) is 0.769. The SMILES string of the molecule is CC(NCC(O)CO)C1CCCC1. The molecule has 0 aromatic carbocycles. The van der Waals surface area contributed by atoms with E-state index in [1.807, 2.05) is 0 Å². The van der Waals surface area contributed by atoms with Crippen molar-refractivity contribution < 1.29 is 10.2 Å². The number of rotatable bonds is 5. The molecule has 0 aliphatic heterocycles. The van der Waals surface area contributed by atoms with Crippen LogP contribution < -0.4 is 5.32 Å². The molecule has 0 heterocycles. The van der Waals surface area contributed by atoms with Gasteiger partial charge in [0.1, 0.15) is 0 Å². The highest BCUT2D eigenvalue weighted by atomic mass is 16.3. The summed E-state index contributed by atoms with van der Waals surface area (Å²) in [7, 11) is 0. The zero-order valence-corrected chi connectivity index (χ0v) is 8.37. The van der Waals surface area contributed by atoms with Crippen LogP contribution in [0.25, 0.3) is 0 Å². The van der Waals surface area contributed by atoms with Crippen LogP contribution in [-0.2, 0) is 0 Å². The number of aliphatic hydroxyl groups excluding tert-OH is 2. The summed E-state index contributed by atoms with van der Waals surface area (Å²) in [4.78, 5) is 0. The van der Waals surface area contributed by atoms with Gasteiger partial charge < -0.3 is 15.5 Å². The molecule has 2 unspecified atom stereocenters. The van der Waals surface area contributed by atoms with Gasteiger partial charge in [0.15, 0.2) is 0 Å². The first-order valence-electron chi connectivity index (χ1n) is 5.26. The second-order valence-corrected chi connectivity index (χ2v) is 4.08. The summed E-state index contributed by atoms with van der Waals surface area (Å²) >= 11 is 0. The van der Waals surface area contributed by atoms with Crippen molar-refractivity contribution in [2.45, 2.75) is 44.8 Å². The highest BCUT2D eigenvalue weighted by Crippen LogP contribution is 2.27. The van der Waals surface area contributed by atoms with Crippen molar-refractivity contribution in [3.05, 3.63) is 0 Å². The smallest absolute Gasteiger partial charge is 0.0895 e. The van der Waals surface area contributed by atoms with Crippen LogP contribution in [0.3, 0.4) is 0 Å². The van der Waals surface area contributed by atoms with Crippen molar-refractivity contribution in [3.63, 3.8) is 0 Å². The monoisotopic (exact) mass is 187 g/mol. The fourth-order valence-corrected chi connectivity index (χ4v) is 2.01. The van der Waals surface area contributed by atoms with E-state index in [-0.39, 0.29) is 6.61 Å². The lowest BCUT2D eigenvalue weighted by Gasteiger charge is -2.21. The standard InChI is InChI=1S/C10H21NO2/c1-8(9-4-2-3-5-9)11-6-10(13)7-12/h8-13H,2-7H2,1H3. The van der Waals surface area contributed by atoms with E-state index in [1.54, 1.807) is 0 Å². The van der Waals surface area contributed by atoms with Crippen LogP contribution in [0.2, 0.25) is 0 Å². The summed E-state index contributed by atoms with van der Waals surface area (Å²) < 4.78 is 0. The molecular formula is C10H21NO2. The van der Waals surface area contributed by atoms with Gasteiger partial charge in [-0.3, -0.25) is 0 Å². The maximum atomic E-state index is 9.14. The molecule has 0 radical (unpaired) electrons. The van der Waals surface area contributed by atoms with Crippen molar-refractivity contribution >= 4 is 0 Å². The Hall–Kier alpha value is -0.120. The highest BCUT2D eigenvalue weighted by Gasteiger charge is 2.21. The molecule has 1 aliphatic rings. The summed E-state index contributed by atoms with van der Waals surface area (Å²) in [6, 6.07) is 0.476. The molecule has 0 aromatic rings. The Morgan fingerprint density at radius 2 is 2.00 bits per heavy atom. The second-order valence-electron chi connectivity index (χ2n) is 4.08. The molecule has 1 rings (SSSR count). The molecule has 1 saturated carbocycles. The summed E-state index contributed by atoms with van der Waals surface area (Å²) in [5.41, 5.74) is 0. The zero-order valence-electron chi connectivity index (χ0n) is 8.37. The average molecular weight is 187 g/mol. The summed E-state index contributed by atoms with van der Waals surface area (Å²) in [5, 5.41) is 21.0. The zero-order chi connectivity index (χ0) is 9.68. The quantitative estimate of drug-likeness (QED) is 0.588. The molecule has 0 bridgehead atoms. The van der Waals surface area contributed by atoms with E-state index in [0.29, 0.717) is 12.6 Å². The molecule has 13 heavy (non-hydrogen) atoms. The lowest BCUT2D eigenvalue weighted by Crippen LogP contribution is -2.38. The molecule has 0 amide bonds. The molecule has 1 aliphatic carbocycles. The third-order valence-electron chi connectivity index (χ3n) is 2.99. The maximum Gasteiger partial charge on any atom is 0.0895 e. The Morgan fingerprint density at radius 1 is 1.38 bits per heavy atom. The number of hydrogen-bond donors (Lipinski definition) is 3. The van der Waals surface area contributed by atoms with Crippen molar-refractivity contribution in [2.24, 2.45) is 5.92 Å². The van der Waals surface area contributed by atoms with Gasteiger partial charge in [-0.2, -0.15) is 0 Å². The lowest BCUT2D eigenvalue weighted by molar-refractivity contribution is 0.0903. The molecule has 1 fully saturated rings. The van der Waals surface area contributed by atoms with Crippen molar-refractivity contribution in [3.8, 4) is 0 Å². The first-order chi connectivity index (χ1) is 6.24. The molecule has 2 atom stereocenters. The minimum Gasteiger partial charge on any atom is -0.394 e. The predicted octanol–water partition coefficient (Wildman–Crippen LogP) is 0.508. The number of aliphatic hydroxyl groups is 2. The van der Waals surface area contributed by atoms with E-state index < -0.39 is 6.10 Å². The molecule has 3 heteroatoms. The Labute approximate surface area is 80.2 Å². The molecule has 0 spiro atoms. The molecule has 3 N–H and O–H groups in total. The van der Waals surface area contributed by atoms with Crippen molar-refractivity contribution in [2.75, 3.05) is 13.2 Å². The van der Waals surface area contributed by atoms with Gasteiger partial charge in [-0.05, 0) is 25.7 Å². The topological polar surface area (TPSA) is 52.5 Å². The van der Waals surface area contributed by atoms with Gasteiger partial charge >= 0.3 is 0 Å². The molecule has 0 saturated heterocycles. The fourth-order valence-electron chi connectivity index (χ4n) is 2.01. The van der Waals surface area contributed by atoms with Crippen LogP contribution in [0.1, 0.15) is 32.6 Å². The van der Waals surface area contributed by atoms with Crippen LogP contribution in [0, 0.1) is 5.92 Å². The third kappa shape index (κ3) is 3.63. The van der Waals surface area contributed by atoms with Crippen LogP contribution in [0.15, 0.2) is 0 Å². The van der Waals surface area contributed by atoms with Crippen LogP contribution in [-0.4, -0.2) is 35.5 Å². The van der Waals surface area contributed by atoms with Crippen LogP contribution >= 0.6 is 0 Å². The largest absolute Gasteiger partial charge is 0.394 e. The fraction of sp³-hybridized carbons (Fsp3) is 1.00. The number of nitrogens with one attached hydrogen (secondary N) is 1. The molecule has 3 nitrogen and oxygen atoms in total. The highest BCUT2D eigenvalue weighted by molar-refractivity contribution is 4.77. The Bertz CT molecular complexity index is 135. The minimum absolute atomic E-state index is 0.148. The number of hydrogen-bond acceptors (Lipinski definition) is 3. The maximum absolute atomic E-state index is 9.14. The van der Waals surface area contributed by atoms with E-state index in [1.165, 1.54) is 25.7 Å². The minimum atomic E-state index is -0.608. The third-order valence-corrected chi connectivity index (χ3v) is 2.99. The lowest BCUT2D eigenvalue weighted by atomic mass is 10.00. The van der Waals surface area contributed by atoms with Gasteiger partial charge in [-0.1, -0.05) is 12.8 Å². The summed E-state index contributed by atoms with van der Waals surface area (Å²) in [6.07, 6.45) is 4.70. The van der Waals surface area contributed by atoms with Gasteiger partial charge in [-0.15, -0.1) is 0 Å². The first-order valence-corrected chi connectivity index (χ1v) is 5.26.